The van der Waals surface area contributed by atoms with Crippen molar-refractivity contribution in [3.63, 3.8) is 0 Å². The summed E-state index contributed by atoms with van der Waals surface area (Å²) in [5.41, 5.74) is 0.760. The Morgan fingerprint density at radius 2 is 2.08 bits per heavy atom. The van der Waals surface area contributed by atoms with Crippen LogP contribution in [0.25, 0.3) is 0 Å². The molecule has 2 rings (SSSR count). The van der Waals surface area contributed by atoms with Gasteiger partial charge in [-0.15, -0.1) is 0 Å². The van der Waals surface area contributed by atoms with Crippen LogP contribution in [0.15, 0.2) is 28.7 Å². The average Bonchev–Trinajstić information content (AvgIpc) is 3.00. The van der Waals surface area contributed by atoms with Gasteiger partial charge in [0, 0.05) is 23.1 Å². The fourth-order valence-electron chi connectivity index (χ4n) is 2.67. The van der Waals surface area contributed by atoms with Crippen LogP contribution in [0.5, 0.6) is 0 Å². The molecule has 1 heterocycles. The molecule has 1 aliphatic rings. The lowest BCUT2D eigenvalue weighted by Gasteiger charge is -2.19. The van der Waals surface area contributed by atoms with Crippen molar-refractivity contribution in [2.24, 2.45) is 5.92 Å². The summed E-state index contributed by atoms with van der Waals surface area (Å²) in [4.78, 5) is 38.2. The zero-order valence-electron chi connectivity index (χ0n) is 14.2. The molecule has 0 aliphatic carbocycles. The van der Waals surface area contributed by atoms with Crippen LogP contribution in [0.1, 0.15) is 12.8 Å². The first-order valence-corrected chi connectivity index (χ1v) is 10.1. The number of carbonyl (C=O) groups excluding carboxylic acids is 3. The maximum atomic E-state index is 12.5. The monoisotopic (exact) mass is 428 g/mol. The van der Waals surface area contributed by atoms with Crippen molar-refractivity contribution in [1.82, 2.24) is 5.32 Å². The minimum Gasteiger partial charge on any atom is -0.467 e. The fraction of sp³-hybridized carbons (Fsp3) is 0.471. The SMILES string of the molecule is COC(=O)C(CCSC)NC(=O)C1CC(=O)N(c2ccc(Br)cc2)C1. The lowest BCUT2D eigenvalue weighted by molar-refractivity contribution is -0.145. The van der Waals surface area contributed by atoms with Gasteiger partial charge in [-0.25, -0.2) is 4.79 Å². The Bertz CT molecular complexity index is 638. The van der Waals surface area contributed by atoms with Crippen molar-refractivity contribution in [3.05, 3.63) is 28.7 Å². The number of nitrogens with one attached hydrogen (secondary N) is 1. The molecule has 1 aromatic rings. The fourth-order valence-corrected chi connectivity index (χ4v) is 3.41. The maximum absolute atomic E-state index is 12.5. The van der Waals surface area contributed by atoms with Crippen LogP contribution in [-0.4, -0.2) is 49.5 Å². The van der Waals surface area contributed by atoms with Crippen molar-refractivity contribution >= 4 is 51.2 Å². The minimum atomic E-state index is -0.679. The minimum absolute atomic E-state index is 0.0961. The number of methoxy groups -OCH3 is 1. The molecule has 0 radical (unpaired) electrons. The Hall–Kier alpha value is -1.54. The number of hydrogen-bond acceptors (Lipinski definition) is 5. The topological polar surface area (TPSA) is 75.7 Å². The molecule has 1 saturated heterocycles. The number of anilines is 1. The van der Waals surface area contributed by atoms with E-state index in [2.05, 4.69) is 21.2 Å². The zero-order valence-corrected chi connectivity index (χ0v) is 16.6. The number of nitrogens with zero attached hydrogens (tertiary/aromatic N) is 1. The summed E-state index contributed by atoms with van der Waals surface area (Å²) in [6.07, 6.45) is 2.57. The number of esters is 1. The molecule has 1 aliphatic heterocycles. The van der Waals surface area contributed by atoms with Crippen LogP contribution >= 0.6 is 27.7 Å². The molecule has 0 bridgehead atoms. The molecule has 1 aromatic carbocycles. The van der Waals surface area contributed by atoms with Gasteiger partial charge in [0.1, 0.15) is 6.04 Å². The lowest BCUT2D eigenvalue weighted by atomic mass is 10.1. The van der Waals surface area contributed by atoms with Gasteiger partial charge < -0.3 is 15.0 Å². The van der Waals surface area contributed by atoms with Gasteiger partial charge >= 0.3 is 5.97 Å². The standard InChI is InChI=1S/C17H21BrN2O4S/c1-24-17(23)14(7-8-25-2)19-16(22)11-9-15(21)20(10-11)13-5-3-12(18)4-6-13/h3-6,11,14H,7-10H2,1-2H3,(H,19,22). The molecule has 136 valence electrons. The number of rotatable bonds is 7. The van der Waals surface area contributed by atoms with Gasteiger partial charge in [0.2, 0.25) is 11.8 Å². The van der Waals surface area contributed by atoms with Crippen molar-refractivity contribution in [3.8, 4) is 0 Å². The van der Waals surface area contributed by atoms with E-state index in [0.717, 1.165) is 15.9 Å². The van der Waals surface area contributed by atoms with E-state index in [-0.39, 0.29) is 18.2 Å². The second kappa shape index (κ2) is 9.24. The van der Waals surface area contributed by atoms with E-state index in [0.29, 0.717) is 13.0 Å². The molecule has 8 heteroatoms. The van der Waals surface area contributed by atoms with E-state index in [4.69, 9.17) is 4.74 Å². The number of benzene rings is 1. The molecule has 0 saturated carbocycles. The van der Waals surface area contributed by atoms with Crippen molar-refractivity contribution in [1.29, 1.82) is 0 Å². The highest BCUT2D eigenvalue weighted by atomic mass is 79.9. The predicted octanol–water partition coefficient (Wildman–Crippen LogP) is 2.21. The summed E-state index contributed by atoms with van der Waals surface area (Å²) >= 11 is 4.95. The Balaban J connectivity index is 2.01. The Labute approximate surface area is 159 Å². The lowest BCUT2D eigenvalue weighted by Crippen LogP contribution is -2.45. The van der Waals surface area contributed by atoms with Crippen LogP contribution in [0.4, 0.5) is 5.69 Å². The third-order valence-corrected chi connectivity index (χ3v) is 5.22. The first-order chi connectivity index (χ1) is 12.0. The summed E-state index contributed by atoms with van der Waals surface area (Å²) in [6, 6.07) is 6.69. The molecule has 25 heavy (non-hydrogen) atoms. The van der Waals surface area contributed by atoms with E-state index in [1.807, 2.05) is 30.5 Å². The first kappa shape index (κ1) is 19.8. The zero-order chi connectivity index (χ0) is 18.4. The van der Waals surface area contributed by atoms with Crippen molar-refractivity contribution < 1.29 is 19.1 Å². The molecule has 2 unspecified atom stereocenters. The van der Waals surface area contributed by atoms with Crippen LogP contribution in [-0.2, 0) is 19.1 Å². The van der Waals surface area contributed by atoms with Crippen LogP contribution in [0.2, 0.25) is 0 Å². The summed E-state index contributed by atoms with van der Waals surface area (Å²) in [5.74, 6) is -0.589. The van der Waals surface area contributed by atoms with E-state index in [1.165, 1.54) is 7.11 Å². The third kappa shape index (κ3) is 5.22. The van der Waals surface area contributed by atoms with Crippen LogP contribution in [0.3, 0.4) is 0 Å². The smallest absolute Gasteiger partial charge is 0.328 e. The molecule has 0 aromatic heterocycles. The first-order valence-electron chi connectivity index (χ1n) is 7.89. The molecular formula is C17H21BrN2O4S. The average molecular weight is 429 g/mol. The molecule has 6 nitrogen and oxygen atoms in total. The van der Waals surface area contributed by atoms with Crippen LogP contribution < -0.4 is 10.2 Å². The molecule has 2 atom stereocenters. The van der Waals surface area contributed by atoms with Gasteiger partial charge in [0.15, 0.2) is 0 Å². The normalized spacial score (nSPS) is 18.1. The van der Waals surface area contributed by atoms with Gasteiger partial charge in [-0.05, 0) is 42.7 Å². The van der Waals surface area contributed by atoms with E-state index in [1.54, 1.807) is 16.7 Å². The number of amides is 2. The molecule has 2 amide bonds. The number of carbonyl (C=O) groups is 3. The molecule has 0 spiro atoms. The number of hydrogen-bond donors (Lipinski definition) is 1. The number of halogens is 1. The second-order valence-electron chi connectivity index (χ2n) is 5.75. The highest BCUT2D eigenvalue weighted by Crippen LogP contribution is 2.26. The largest absolute Gasteiger partial charge is 0.467 e. The number of ether oxygens (including phenoxy) is 1. The Kier molecular flexibility index (Phi) is 7.31. The summed E-state index contributed by atoms with van der Waals surface area (Å²) in [7, 11) is 1.30. The highest BCUT2D eigenvalue weighted by Gasteiger charge is 2.36. The van der Waals surface area contributed by atoms with Crippen molar-refractivity contribution in [2.45, 2.75) is 18.9 Å². The molecular weight excluding hydrogens is 408 g/mol. The van der Waals surface area contributed by atoms with E-state index in [9.17, 15) is 14.4 Å². The molecule has 1 N–H and O–H groups in total. The highest BCUT2D eigenvalue weighted by molar-refractivity contribution is 9.10. The summed E-state index contributed by atoms with van der Waals surface area (Å²) in [6.45, 7) is 0.308. The molecule has 1 fully saturated rings. The maximum Gasteiger partial charge on any atom is 0.328 e. The number of thioether (sulfide) groups is 1. The van der Waals surface area contributed by atoms with Crippen molar-refractivity contribution in [2.75, 3.05) is 30.6 Å². The van der Waals surface area contributed by atoms with Gasteiger partial charge in [-0.3, -0.25) is 9.59 Å². The second-order valence-corrected chi connectivity index (χ2v) is 7.65. The Morgan fingerprint density at radius 3 is 2.68 bits per heavy atom. The summed E-state index contributed by atoms with van der Waals surface area (Å²) in [5, 5.41) is 2.73. The predicted molar refractivity (Wildman–Crippen MR) is 102 cm³/mol. The van der Waals surface area contributed by atoms with E-state index >= 15 is 0 Å². The van der Waals surface area contributed by atoms with Gasteiger partial charge in [0.05, 0.1) is 13.0 Å². The van der Waals surface area contributed by atoms with Gasteiger partial charge in [0.25, 0.3) is 0 Å². The summed E-state index contributed by atoms with van der Waals surface area (Å²) < 4.78 is 5.67. The third-order valence-electron chi connectivity index (χ3n) is 4.05. The quantitative estimate of drug-likeness (QED) is 0.673. The Morgan fingerprint density at radius 1 is 1.40 bits per heavy atom. The van der Waals surface area contributed by atoms with Crippen LogP contribution in [0, 0.1) is 5.92 Å². The van der Waals surface area contributed by atoms with Gasteiger partial charge in [-0.1, -0.05) is 15.9 Å². The van der Waals surface area contributed by atoms with Gasteiger partial charge in [-0.2, -0.15) is 11.8 Å². The van der Waals surface area contributed by atoms with E-state index < -0.39 is 17.9 Å².